The molecule has 2 heterocycles. The number of nitrogens with one attached hydrogen (secondary N) is 1. The van der Waals surface area contributed by atoms with Gasteiger partial charge in [0.2, 0.25) is 17.9 Å². The maximum absolute atomic E-state index is 12.2. The molecule has 3 N–H and O–H groups in total. The van der Waals surface area contributed by atoms with E-state index in [4.69, 9.17) is 15.3 Å². The molecule has 0 aliphatic carbocycles. The Labute approximate surface area is 159 Å². The number of rotatable bonds is 5. The molecular weight excluding hydrogens is 366 g/mol. The summed E-state index contributed by atoms with van der Waals surface area (Å²) in [6, 6.07) is 13.1. The van der Waals surface area contributed by atoms with Gasteiger partial charge in [0.05, 0.1) is 5.75 Å². The Morgan fingerprint density at radius 2 is 1.96 bits per heavy atom. The number of carbonyl (C=O) groups is 1. The van der Waals surface area contributed by atoms with Crippen LogP contribution >= 0.6 is 11.8 Å². The van der Waals surface area contributed by atoms with Gasteiger partial charge in [-0.2, -0.15) is 0 Å². The molecule has 138 valence electrons. The highest BCUT2D eigenvalue weighted by atomic mass is 32.2. The number of amides is 1. The van der Waals surface area contributed by atoms with E-state index >= 15 is 0 Å². The van der Waals surface area contributed by atoms with Gasteiger partial charge in [-0.25, -0.2) is 4.68 Å². The lowest BCUT2D eigenvalue weighted by atomic mass is 10.1. The van der Waals surface area contributed by atoms with Crippen molar-refractivity contribution >= 4 is 23.4 Å². The molecule has 0 atom stereocenters. The molecule has 0 saturated carbocycles. The van der Waals surface area contributed by atoms with E-state index in [0.717, 1.165) is 11.1 Å². The molecule has 0 unspecified atom stereocenters. The smallest absolute Gasteiger partial charge is 0.234 e. The number of carbonyl (C=O) groups excluding carboxylic acids is 1. The van der Waals surface area contributed by atoms with Gasteiger partial charge in [0, 0.05) is 17.3 Å². The largest absolute Gasteiger partial charge is 0.454 e. The summed E-state index contributed by atoms with van der Waals surface area (Å²) in [6.07, 6.45) is 0. The maximum Gasteiger partial charge on any atom is 0.234 e. The number of hydrogen-bond acceptors (Lipinski definition) is 7. The summed E-state index contributed by atoms with van der Waals surface area (Å²) in [7, 11) is 0. The zero-order chi connectivity index (χ0) is 18.8. The van der Waals surface area contributed by atoms with Crippen molar-refractivity contribution < 1.29 is 14.3 Å². The van der Waals surface area contributed by atoms with Gasteiger partial charge in [0.25, 0.3) is 0 Å². The summed E-state index contributed by atoms with van der Waals surface area (Å²) in [4.78, 5) is 12.2. The number of hydrogen-bond donors (Lipinski definition) is 2. The predicted molar refractivity (Wildman–Crippen MR) is 102 cm³/mol. The van der Waals surface area contributed by atoms with E-state index in [0.29, 0.717) is 28.2 Å². The van der Waals surface area contributed by atoms with Crippen LogP contribution in [0.15, 0.2) is 47.6 Å². The van der Waals surface area contributed by atoms with Crippen molar-refractivity contribution in [3.8, 4) is 22.9 Å². The van der Waals surface area contributed by atoms with Crippen LogP contribution in [0, 0.1) is 6.92 Å². The van der Waals surface area contributed by atoms with Crippen molar-refractivity contribution in [2.24, 2.45) is 0 Å². The molecule has 3 aromatic rings. The average Bonchev–Trinajstić information content (AvgIpc) is 3.27. The molecule has 1 aliphatic heterocycles. The molecule has 8 nitrogen and oxygen atoms in total. The third kappa shape index (κ3) is 3.68. The van der Waals surface area contributed by atoms with Gasteiger partial charge in [-0.15, -0.1) is 10.2 Å². The SMILES string of the molecule is Cc1ccc(-c2nnc(SCC(=O)Nc3ccc4c(c3)OCO4)n2N)cc1. The molecule has 0 spiro atoms. The zero-order valence-corrected chi connectivity index (χ0v) is 15.3. The van der Waals surface area contributed by atoms with Crippen molar-refractivity contribution in [1.29, 1.82) is 0 Å². The Morgan fingerprint density at radius 3 is 2.78 bits per heavy atom. The van der Waals surface area contributed by atoms with Crippen LogP contribution in [-0.2, 0) is 4.79 Å². The number of thioether (sulfide) groups is 1. The molecule has 0 saturated heterocycles. The first-order chi connectivity index (χ1) is 13.1. The van der Waals surface area contributed by atoms with E-state index in [1.54, 1.807) is 18.2 Å². The van der Waals surface area contributed by atoms with Gasteiger partial charge in [0.1, 0.15) is 0 Å². The molecule has 0 radical (unpaired) electrons. The molecule has 1 amide bonds. The number of nitrogens with two attached hydrogens (primary N) is 1. The standard InChI is InChI=1S/C18H17N5O3S/c1-11-2-4-12(5-3-11)17-21-22-18(23(17)19)27-9-16(24)20-13-6-7-14-15(8-13)26-10-25-14/h2-8H,9-10,19H2,1H3,(H,20,24). The van der Waals surface area contributed by atoms with Crippen LogP contribution in [0.3, 0.4) is 0 Å². The van der Waals surface area contributed by atoms with Crippen LogP contribution in [0.2, 0.25) is 0 Å². The summed E-state index contributed by atoms with van der Waals surface area (Å²) in [6.45, 7) is 2.20. The molecule has 0 bridgehead atoms. The van der Waals surface area contributed by atoms with Crippen LogP contribution in [-0.4, -0.2) is 33.3 Å². The molecule has 1 aliphatic rings. The van der Waals surface area contributed by atoms with Gasteiger partial charge >= 0.3 is 0 Å². The first-order valence-corrected chi connectivity index (χ1v) is 9.18. The first kappa shape index (κ1) is 17.2. The number of aromatic nitrogens is 3. The lowest BCUT2D eigenvalue weighted by Gasteiger charge is -2.06. The number of aryl methyl sites for hydroxylation is 1. The van der Waals surface area contributed by atoms with E-state index in [9.17, 15) is 4.79 Å². The highest BCUT2D eigenvalue weighted by molar-refractivity contribution is 7.99. The number of fused-ring (bicyclic) bond motifs is 1. The van der Waals surface area contributed by atoms with E-state index in [1.165, 1.54) is 16.4 Å². The molecule has 4 rings (SSSR count). The molecule has 0 fully saturated rings. The number of ether oxygens (including phenoxy) is 2. The summed E-state index contributed by atoms with van der Waals surface area (Å²) < 4.78 is 11.9. The van der Waals surface area contributed by atoms with Gasteiger partial charge in [0.15, 0.2) is 17.3 Å². The molecule has 2 aromatic carbocycles. The third-order valence-electron chi connectivity index (χ3n) is 3.96. The van der Waals surface area contributed by atoms with E-state index < -0.39 is 0 Å². The van der Waals surface area contributed by atoms with Crippen LogP contribution in [0.4, 0.5) is 5.69 Å². The number of anilines is 1. The molecule has 27 heavy (non-hydrogen) atoms. The summed E-state index contributed by atoms with van der Waals surface area (Å²) in [5.74, 6) is 7.89. The summed E-state index contributed by atoms with van der Waals surface area (Å²) >= 11 is 1.21. The van der Waals surface area contributed by atoms with Crippen molar-refractivity contribution in [2.45, 2.75) is 12.1 Å². The van der Waals surface area contributed by atoms with Crippen LogP contribution in [0.1, 0.15) is 5.56 Å². The van der Waals surface area contributed by atoms with Gasteiger partial charge < -0.3 is 20.6 Å². The Bertz CT molecular complexity index is 987. The topological polar surface area (TPSA) is 104 Å². The Morgan fingerprint density at radius 1 is 1.19 bits per heavy atom. The number of nitrogens with zero attached hydrogens (tertiary/aromatic N) is 3. The quantitative estimate of drug-likeness (QED) is 0.515. The maximum atomic E-state index is 12.2. The Hall–Kier alpha value is -3.20. The lowest BCUT2D eigenvalue weighted by Crippen LogP contribution is -2.16. The normalized spacial score (nSPS) is 12.2. The zero-order valence-electron chi connectivity index (χ0n) is 14.5. The second kappa shape index (κ2) is 7.20. The van der Waals surface area contributed by atoms with Gasteiger partial charge in [-0.3, -0.25) is 4.79 Å². The van der Waals surface area contributed by atoms with Crippen LogP contribution in [0.5, 0.6) is 11.5 Å². The fourth-order valence-corrected chi connectivity index (χ4v) is 3.23. The first-order valence-electron chi connectivity index (χ1n) is 8.20. The minimum absolute atomic E-state index is 0.150. The Kier molecular flexibility index (Phi) is 4.59. The predicted octanol–water partition coefficient (Wildman–Crippen LogP) is 2.43. The highest BCUT2D eigenvalue weighted by Crippen LogP contribution is 2.34. The highest BCUT2D eigenvalue weighted by Gasteiger charge is 2.16. The summed E-state index contributed by atoms with van der Waals surface area (Å²) in [5, 5.41) is 11.5. The van der Waals surface area contributed by atoms with Crippen LogP contribution < -0.4 is 20.6 Å². The third-order valence-corrected chi connectivity index (χ3v) is 4.91. The minimum atomic E-state index is -0.182. The van der Waals surface area contributed by atoms with E-state index in [1.807, 2.05) is 31.2 Å². The van der Waals surface area contributed by atoms with Crippen molar-refractivity contribution in [2.75, 3.05) is 23.7 Å². The van der Waals surface area contributed by atoms with Crippen LogP contribution in [0.25, 0.3) is 11.4 Å². The molecule has 1 aromatic heterocycles. The summed E-state index contributed by atoms with van der Waals surface area (Å²) in [5.41, 5.74) is 2.66. The minimum Gasteiger partial charge on any atom is -0.454 e. The number of benzene rings is 2. The molecular formula is C18H17N5O3S. The van der Waals surface area contributed by atoms with Crippen molar-refractivity contribution in [3.05, 3.63) is 48.0 Å². The average molecular weight is 383 g/mol. The van der Waals surface area contributed by atoms with Crippen molar-refractivity contribution in [1.82, 2.24) is 14.9 Å². The molecule has 9 heteroatoms. The van der Waals surface area contributed by atoms with E-state index in [-0.39, 0.29) is 18.5 Å². The lowest BCUT2D eigenvalue weighted by molar-refractivity contribution is -0.113. The van der Waals surface area contributed by atoms with Gasteiger partial charge in [-0.05, 0) is 19.1 Å². The number of nitrogen functional groups attached to an aromatic ring is 1. The monoisotopic (exact) mass is 383 g/mol. The second-order valence-electron chi connectivity index (χ2n) is 5.95. The van der Waals surface area contributed by atoms with Crippen molar-refractivity contribution in [3.63, 3.8) is 0 Å². The fraction of sp³-hybridized carbons (Fsp3) is 0.167. The Balaban J connectivity index is 1.38. The second-order valence-corrected chi connectivity index (χ2v) is 6.89. The van der Waals surface area contributed by atoms with Gasteiger partial charge in [-0.1, -0.05) is 41.6 Å². The van der Waals surface area contributed by atoms with E-state index in [2.05, 4.69) is 15.5 Å². The fourth-order valence-electron chi connectivity index (χ4n) is 2.58.